The summed E-state index contributed by atoms with van der Waals surface area (Å²) in [6.45, 7) is 0. The Hall–Kier alpha value is -2.12. The molecule has 2 aromatic carbocycles. The van der Waals surface area contributed by atoms with Crippen molar-refractivity contribution in [2.45, 2.75) is 25.2 Å². The van der Waals surface area contributed by atoms with Crippen molar-refractivity contribution in [1.82, 2.24) is 4.98 Å². The molecule has 1 atom stereocenters. The average molecular weight is 318 g/mol. The van der Waals surface area contributed by atoms with E-state index in [0.29, 0.717) is 5.92 Å². The van der Waals surface area contributed by atoms with Crippen LogP contribution in [0, 0.1) is 0 Å². The highest BCUT2D eigenvalue weighted by molar-refractivity contribution is 6.30. The van der Waals surface area contributed by atoms with E-state index in [1.807, 2.05) is 24.4 Å². The number of rotatable bonds is 1. The fourth-order valence-electron chi connectivity index (χ4n) is 4.12. The lowest BCUT2D eigenvalue weighted by molar-refractivity contribution is 0.645. The molecular formula is C21H16ClN. The number of benzene rings is 2. The third-order valence-electron chi connectivity index (χ3n) is 5.18. The molecule has 0 spiro atoms. The largest absolute Gasteiger partial charge is 0.256 e. The molecule has 112 valence electrons. The van der Waals surface area contributed by atoms with Gasteiger partial charge in [-0.05, 0) is 65.8 Å². The lowest BCUT2D eigenvalue weighted by atomic mass is 9.66. The maximum Gasteiger partial charge on any atom is 0.0786 e. The number of nitrogens with zero attached hydrogens (tertiary/aromatic N) is 1. The number of hydrogen-bond donors (Lipinski definition) is 0. The van der Waals surface area contributed by atoms with Crippen molar-refractivity contribution < 1.29 is 0 Å². The molecule has 1 heterocycles. The number of pyridine rings is 1. The number of allylic oxidation sites excluding steroid dienone is 2. The second-order valence-corrected chi connectivity index (χ2v) is 6.87. The first-order valence-corrected chi connectivity index (χ1v) is 8.59. The summed E-state index contributed by atoms with van der Waals surface area (Å²) >= 11 is 6.05. The Bertz CT molecular complexity index is 953. The minimum atomic E-state index is 0.634. The number of hydrogen-bond acceptors (Lipinski definition) is 1. The molecule has 2 aliphatic rings. The van der Waals surface area contributed by atoms with Crippen molar-refractivity contribution in [2.24, 2.45) is 0 Å². The number of halogens is 1. The van der Waals surface area contributed by atoms with Crippen LogP contribution in [-0.4, -0.2) is 4.98 Å². The normalized spacial score (nSPS) is 18.8. The third-order valence-corrected chi connectivity index (χ3v) is 5.43. The van der Waals surface area contributed by atoms with E-state index in [-0.39, 0.29) is 0 Å². The van der Waals surface area contributed by atoms with Crippen LogP contribution in [0.3, 0.4) is 0 Å². The van der Waals surface area contributed by atoms with E-state index in [1.165, 1.54) is 46.9 Å². The molecule has 1 aromatic heterocycles. The van der Waals surface area contributed by atoms with Crippen LogP contribution in [0.1, 0.15) is 36.3 Å². The first kappa shape index (κ1) is 13.3. The van der Waals surface area contributed by atoms with Gasteiger partial charge in [-0.3, -0.25) is 4.98 Å². The average Bonchev–Trinajstić information content (AvgIpc) is 2.59. The summed E-state index contributed by atoms with van der Waals surface area (Å²) in [5.74, 6) is 0.634. The van der Waals surface area contributed by atoms with Gasteiger partial charge in [0.2, 0.25) is 0 Å². The van der Waals surface area contributed by atoms with Crippen LogP contribution in [0.25, 0.3) is 27.6 Å². The van der Waals surface area contributed by atoms with Gasteiger partial charge in [-0.1, -0.05) is 35.9 Å². The molecule has 0 saturated heterocycles. The zero-order valence-corrected chi connectivity index (χ0v) is 13.5. The van der Waals surface area contributed by atoms with Gasteiger partial charge < -0.3 is 0 Å². The van der Waals surface area contributed by atoms with Crippen molar-refractivity contribution in [3.05, 3.63) is 70.9 Å². The van der Waals surface area contributed by atoms with Gasteiger partial charge in [0.1, 0.15) is 0 Å². The molecule has 1 unspecified atom stereocenters. The lowest BCUT2D eigenvalue weighted by Crippen LogP contribution is -2.19. The summed E-state index contributed by atoms with van der Waals surface area (Å²) in [6, 6.07) is 14.7. The zero-order chi connectivity index (χ0) is 15.4. The standard InChI is InChI=1S/C21H16ClN/c22-14-9-7-13(8-10-14)18-12-19-15-4-1-2-5-16(15)20(19)17-6-3-11-23-21(17)18/h3,5-12,15H,1-2,4H2. The second-order valence-electron chi connectivity index (χ2n) is 6.44. The van der Waals surface area contributed by atoms with E-state index < -0.39 is 0 Å². The molecule has 0 aliphatic heterocycles. The number of aromatic nitrogens is 1. The van der Waals surface area contributed by atoms with E-state index >= 15 is 0 Å². The second kappa shape index (κ2) is 4.94. The number of fused-ring (bicyclic) bond motifs is 6. The summed E-state index contributed by atoms with van der Waals surface area (Å²) in [5.41, 5.74) is 8.00. The van der Waals surface area contributed by atoms with Crippen LogP contribution in [0.15, 0.2) is 54.7 Å². The predicted molar refractivity (Wildman–Crippen MR) is 96.8 cm³/mol. The van der Waals surface area contributed by atoms with Gasteiger partial charge in [-0.25, -0.2) is 0 Å². The molecule has 0 bridgehead atoms. The van der Waals surface area contributed by atoms with Gasteiger partial charge in [0.05, 0.1) is 5.52 Å². The Labute approximate surface area is 140 Å². The van der Waals surface area contributed by atoms with Crippen molar-refractivity contribution in [2.75, 3.05) is 0 Å². The first-order valence-electron chi connectivity index (χ1n) is 8.21. The van der Waals surface area contributed by atoms with E-state index in [2.05, 4.69) is 30.3 Å². The van der Waals surface area contributed by atoms with Gasteiger partial charge in [-0.2, -0.15) is 0 Å². The fraction of sp³-hybridized carbons (Fsp3) is 0.190. The van der Waals surface area contributed by atoms with Gasteiger partial charge in [0, 0.05) is 28.1 Å². The molecule has 23 heavy (non-hydrogen) atoms. The molecule has 0 saturated carbocycles. The van der Waals surface area contributed by atoms with Crippen molar-refractivity contribution in [1.29, 1.82) is 0 Å². The molecule has 2 heteroatoms. The third kappa shape index (κ3) is 1.90. The zero-order valence-electron chi connectivity index (χ0n) is 12.7. The van der Waals surface area contributed by atoms with Crippen molar-refractivity contribution >= 4 is 28.1 Å². The molecule has 2 aliphatic carbocycles. The van der Waals surface area contributed by atoms with Crippen molar-refractivity contribution in [3.8, 4) is 11.1 Å². The highest BCUT2D eigenvalue weighted by atomic mass is 35.5. The first-order chi connectivity index (χ1) is 11.3. The van der Waals surface area contributed by atoms with E-state index in [9.17, 15) is 0 Å². The van der Waals surface area contributed by atoms with Gasteiger partial charge in [-0.15, -0.1) is 0 Å². The topological polar surface area (TPSA) is 12.9 Å². The summed E-state index contributed by atoms with van der Waals surface area (Å²) in [4.78, 5) is 4.69. The van der Waals surface area contributed by atoms with E-state index in [0.717, 1.165) is 10.5 Å². The van der Waals surface area contributed by atoms with Crippen LogP contribution in [0.4, 0.5) is 0 Å². The SMILES string of the molecule is Clc1ccc(-c2cc3c(c4cccnc24)C2=CCCCC23)cc1. The van der Waals surface area contributed by atoms with Crippen LogP contribution in [0.2, 0.25) is 5.02 Å². The highest BCUT2D eigenvalue weighted by Gasteiger charge is 2.35. The molecule has 3 aromatic rings. The Morgan fingerprint density at radius 1 is 1.09 bits per heavy atom. The Morgan fingerprint density at radius 2 is 1.96 bits per heavy atom. The molecular weight excluding hydrogens is 302 g/mol. The van der Waals surface area contributed by atoms with Crippen LogP contribution < -0.4 is 0 Å². The van der Waals surface area contributed by atoms with Gasteiger partial charge in [0.25, 0.3) is 0 Å². The summed E-state index contributed by atoms with van der Waals surface area (Å²) in [7, 11) is 0. The van der Waals surface area contributed by atoms with E-state index in [1.54, 1.807) is 5.57 Å². The summed E-state index contributed by atoms with van der Waals surface area (Å²) in [5, 5.41) is 2.06. The van der Waals surface area contributed by atoms with Crippen LogP contribution in [-0.2, 0) is 0 Å². The van der Waals surface area contributed by atoms with Crippen molar-refractivity contribution in [3.63, 3.8) is 0 Å². The molecule has 0 amide bonds. The van der Waals surface area contributed by atoms with Crippen LogP contribution in [0.5, 0.6) is 0 Å². The molecule has 0 radical (unpaired) electrons. The quantitative estimate of drug-likeness (QED) is 0.519. The Kier molecular flexibility index (Phi) is 2.86. The summed E-state index contributed by atoms with van der Waals surface area (Å²) in [6.07, 6.45) is 8.12. The maximum absolute atomic E-state index is 6.05. The van der Waals surface area contributed by atoms with Gasteiger partial charge in [0.15, 0.2) is 0 Å². The monoisotopic (exact) mass is 317 g/mol. The highest BCUT2D eigenvalue weighted by Crippen LogP contribution is 2.55. The smallest absolute Gasteiger partial charge is 0.0786 e. The molecule has 5 rings (SSSR count). The van der Waals surface area contributed by atoms with E-state index in [4.69, 9.17) is 16.6 Å². The maximum atomic E-state index is 6.05. The molecule has 1 nitrogen and oxygen atoms in total. The predicted octanol–water partition coefficient (Wildman–Crippen LogP) is 6.22. The molecule has 0 N–H and O–H groups in total. The minimum Gasteiger partial charge on any atom is -0.256 e. The minimum absolute atomic E-state index is 0.634. The Morgan fingerprint density at radius 3 is 2.83 bits per heavy atom. The lowest BCUT2D eigenvalue weighted by Gasteiger charge is -2.38. The summed E-state index contributed by atoms with van der Waals surface area (Å²) < 4.78 is 0. The molecule has 0 fully saturated rings. The fourth-order valence-corrected chi connectivity index (χ4v) is 4.24. The van der Waals surface area contributed by atoms with Crippen LogP contribution >= 0.6 is 11.6 Å². The Balaban J connectivity index is 1.82. The van der Waals surface area contributed by atoms with Gasteiger partial charge >= 0.3 is 0 Å².